The van der Waals surface area contributed by atoms with E-state index in [-0.39, 0.29) is 6.04 Å². The number of rotatable bonds is 11. The number of nitrogens with zero attached hydrogens (tertiary/aromatic N) is 1. The fourth-order valence-electron chi connectivity index (χ4n) is 3.49. The molecule has 0 aliphatic carbocycles. The summed E-state index contributed by atoms with van der Waals surface area (Å²) in [6.45, 7) is 10.8. The molecule has 2 aromatic rings. The number of unbranched alkanes of at least 4 members (excludes halogenated alkanes) is 5. The minimum Gasteiger partial charge on any atom is -0.467 e. The summed E-state index contributed by atoms with van der Waals surface area (Å²) in [4.78, 5) is 0. The van der Waals surface area contributed by atoms with Crippen LogP contribution in [0, 0.1) is 0 Å². The van der Waals surface area contributed by atoms with Gasteiger partial charge in [0.2, 0.25) is 0 Å². The van der Waals surface area contributed by atoms with Crippen LogP contribution in [-0.4, -0.2) is 19.3 Å². The van der Waals surface area contributed by atoms with Crippen molar-refractivity contribution in [3.8, 4) is 0 Å². The quantitative estimate of drug-likeness (QED) is 0.322. The Morgan fingerprint density at radius 3 is 2.16 bits per heavy atom. The molecule has 138 valence electrons. The first-order chi connectivity index (χ1) is 12.0. The summed E-state index contributed by atoms with van der Waals surface area (Å²) in [5, 5.41) is 0. The molecule has 1 aromatic carbocycles. The molecular formula is C22H35NOSi. The van der Waals surface area contributed by atoms with Crippen molar-refractivity contribution in [1.29, 1.82) is 0 Å². The molecule has 1 unspecified atom stereocenters. The van der Waals surface area contributed by atoms with Crippen LogP contribution >= 0.6 is 0 Å². The second-order valence-electron chi connectivity index (χ2n) is 7.96. The van der Waals surface area contributed by atoms with Crippen molar-refractivity contribution in [3.63, 3.8) is 0 Å². The monoisotopic (exact) mass is 357 g/mol. The fraction of sp³-hybridized carbons (Fsp3) is 0.545. The molecule has 0 spiro atoms. The first-order valence-corrected chi connectivity index (χ1v) is 13.3. The van der Waals surface area contributed by atoms with E-state index in [9.17, 15) is 0 Å². The van der Waals surface area contributed by atoms with Crippen molar-refractivity contribution in [3.05, 3.63) is 60.1 Å². The lowest BCUT2D eigenvalue weighted by molar-refractivity contribution is 0.306. The van der Waals surface area contributed by atoms with Crippen molar-refractivity contribution >= 4 is 8.24 Å². The molecular weight excluding hydrogens is 322 g/mol. The van der Waals surface area contributed by atoms with Crippen LogP contribution in [0.2, 0.25) is 19.6 Å². The summed E-state index contributed by atoms with van der Waals surface area (Å²) in [7, 11) is -1.49. The minimum absolute atomic E-state index is 0.235. The van der Waals surface area contributed by atoms with Gasteiger partial charge in [0.25, 0.3) is 0 Å². The summed E-state index contributed by atoms with van der Waals surface area (Å²) in [5.41, 5.74) is 1.34. The van der Waals surface area contributed by atoms with Gasteiger partial charge in [-0.2, -0.15) is 0 Å². The Balaban J connectivity index is 2.14. The molecule has 25 heavy (non-hydrogen) atoms. The Morgan fingerprint density at radius 1 is 0.880 bits per heavy atom. The van der Waals surface area contributed by atoms with Gasteiger partial charge in [-0.25, -0.2) is 0 Å². The second-order valence-corrected chi connectivity index (χ2v) is 12.9. The molecule has 0 N–H and O–H groups in total. The van der Waals surface area contributed by atoms with Crippen molar-refractivity contribution in [2.75, 3.05) is 6.54 Å². The SMILES string of the molecule is CCCCCCCCN(C(c1ccccc1)c1ccco1)[Si](C)(C)C. The van der Waals surface area contributed by atoms with E-state index < -0.39 is 8.24 Å². The maximum absolute atomic E-state index is 5.87. The normalized spacial score (nSPS) is 13.3. The van der Waals surface area contributed by atoms with Crippen LogP contribution < -0.4 is 0 Å². The van der Waals surface area contributed by atoms with Crippen LogP contribution in [0.4, 0.5) is 0 Å². The maximum atomic E-state index is 5.87. The molecule has 0 amide bonds. The van der Waals surface area contributed by atoms with Crippen molar-refractivity contribution in [1.82, 2.24) is 4.57 Å². The molecule has 2 rings (SSSR count). The van der Waals surface area contributed by atoms with Gasteiger partial charge in [0.1, 0.15) is 14.0 Å². The predicted octanol–water partition coefficient (Wildman–Crippen LogP) is 6.87. The van der Waals surface area contributed by atoms with Gasteiger partial charge in [0.05, 0.1) is 12.3 Å². The molecule has 0 radical (unpaired) electrons. The van der Waals surface area contributed by atoms with E-state index in [2.05, 4.69) is 67.5 Å². The molecule has 0 aliphatic heterocycles. The molecule has 1 atom stereocenters. The predicted molar refractivity (Wildman–Crippen MR) is 110 cm³/mol. The van der Waals surface area contributed by atoms with E-state index in [0.29, 0.717) is 0 Å². The third-order valence-corrected chi connectivity index (χ3v) is 7.06. The smallest absolute Gasteiger partial charge is 0.124 e. The van der Waals surface area contributed by atoms with Gasteiger partial charge < -0.3 is 8.98 Å². The zero-order valence-corrected chi connectivity index (χ0v) is 17.5. The first-order valence-electron chi connectivity index (χ1n) is 9.89. The maximum Gasteiger partial charge on any atom is 0.124 e. The molecule has 0 aliphatic rings. The fourth-order valence-corrected chi connectivity index (χ4v) is 5.37. The average Bonchev–Trinajstić information content (AvgIpc) is 3.11. The Morgan fingerprint density at radius 2 is 1.56 bits per heavy atom. The Kier molecular flexibility index (Phi) is 7.98. The van der Waals surface area contributed by atoms with Crippen LogP contribution in [0.5, 0.6) is 0 Å². The lowest BCUT2D eigenvalue weighted by atomic mass is 10.0. The molecule has 1 heterocycles. The number of hydrogen-bond acceptors (Lipinski definition) is 2. The van der Waals surface area contributed by atoms with Crippen LogP contribution in [0.15, 0.2) is 53.1 Å². The zero-order chi connectivity index (χ0) is 18.1. The van der Waals surface area contributed by atoms with E-state index in [4.69, 9.17) is 4.42 Å². The van der Waals surface area contributed by atoms with Crippen LogP contribution in [0.3, 0.4) is 0 Å². The Labute approximate surface area is 155 Å². The average molecular weight is 358 g/mol. The van der Waals surface area contributed by atoms with Gasteiger partial charge in [-0.1, -0.05) is 89.0 Å². The molecule has 0 fully saturated rings. The highest BCUT2D eigenvalue weighted by molar-refractivity contribution is 6.73. The third-order valence-electron chi connectivity index (χ3n) is 4.85. The van der Waals surface area contributed by atoms with Gasteiger partial charge >= 0.3 is 0 Å². The molecule has 0 saturated heterocycles. The van der Waals surface area contributed by atoms with Gasteiger partial charge in [-0.15, -0.1) is 0 Å². The minimum atomic E-state index is -1.49. The Bertz CT molecular complexity index is 574. The lowest BCUT2D eigenvalue weighted by Gasteiger charge is -2.40. The largest absolute Gasteiger partial charge is 0.467 e. The van der Waals surface area contributed by atoms with E-state index in [0.717, 1.165) is 12.3 Å². The van der Waals surface area contributed by atoms with Crippen molar-refractivity contribution in [2.24, 2.45) is 0 Å². The summed E-state index contributed by atoms with van der Waals surface area (Å²) in [6.07, 6.45) is 9.84. The number of benzene rings is 1. The second kappa shape index (κ2) is 9.98. The Hall–Kier alpha value is -1.32. The molecule has 2 nitrogen and oxygen atoms in total. The van der Waals surface area contributed by atoms with Gasteiger partial charge in [-0.05, 0) is 30.7 Å². The van der Waals surface area contributed by atoms with Crippen molar-refractivity contribution < 1.29 is 4.42 Å². The van der Waals surface area contributed by atoms with Crippen LogP contribution in [0.1, 0.15) is 62.8 Å². The standard InChI is InChI=1S/C22H35NOSi/c1-5-6-7-8-9-13-18-23(25(2,3)4)22(21-17-14-19-24-21)20-15-11-10-12-16-20/h10-12,14-17,19,22H,5-9,13,18H2,1-4H3. The van der Waals surface area contributed by atoms with E-state index in [1.807, 2.05) is 6.07 Å². The van der Waals surface area contributed by atoms with Gasteiger partial charge in [-0.3, -0.25) is 0 Å². The topological polar surface area (TPSA) is 16.4 Å². The molecule has 3 heteroatoms. The van der Waals surface area contributed by atoms with Crippen molar-refractivity contribution in [2.45, 2.75) is 71.1 Å². The van der Waals surface area contributed by atoms with E-state index >= 15 is 0 Å². The summed E-state index contributed by atoms with van der Waals surface area (Å²) in [6, 6.07) is 15.2. The van der Waals surface area contributed by atoms with Crippen LogP contribution in [0.25, 0.3) is 0 Å². The van der Waals surface area contributed by atoms with Gasteiger partial charge in [0.15, 0.2) is 0 Å². The zero-order valence-electron chi connectivity index (χ0n) is 16.5. The highest BCUT2D eigenvalue weighted by atomic mass is 28.3. The van der Waals surface area contributed by atoms with E-state index in [1.165, 1.54) is 44.1 Å². The number of furan rings is 1. The summed E-state index contributed by atoms with van der Waals surface area (Å²) in [5.74, 6) is 1.07. The molecule has 0 saturated carbocycles. The highest BCUT2D eigenvalue weighted by Gasteiger charge is 2.33. The lowest BCUT2D eigenvalue weighted by Crippen LogP contribution is -2.48. The van der Waals surface area contributed by atoms with E-state index in [1.54, 1.807) is 6.26 Å². The van der Waals surface area contributed by atoms with Gasteiger partial charge in [0, 0.05) is 0 Å². The summed E-state index contributed by atoms with van der Waals surface area (Å²) < 4.78 is 8.60. The highest BCUT2D eigenvalue weighted by Crippen LogP contribution is 2.33. The molecule has 0 bridgehead atoms. The van der Waals surface area contributed by atoms with Crippen LogP contribution in [-0.2, 0) is 0 Å². The number of hydrogen-bond donors (Lipinski definition) is 0. The summed E-state index contributed by atoms with van der Waals surface area (Å²) >= 11 is 0. The third kappa shape index (κ3) is 6.16. The molecule has 1 aromatic heterocycles. The first kappa shape index (κ1) is 20.0.